The van der Waals surface area contributed by atoms with Crippen molar-refractivity contribution >= 4 is 23.2 Å². The minimum Gasteiger partial charge on any atom is -0.491 e. The summed E-state index contributed by atoms with van der Waals surface area (Å²) in [6, 6.07) is 24.8. The second-order valence-corrected chi connectivity index (χ2v) is 8.76. The van der Waals surface area contributed by atoms with Gasteiger partial charge in [0.05, 0.1) is 24.9 Å². The number of carbonyl (C=O) groups excluding carboxylic acids is 2. The molecule has 1 atom stereocenters. The van der Waals surface area contributed by atoms with Crippen LogP contribution in [0.4, 0.5) is 11.4 Å². The van der Waals surface area contributed by atoms with Crippen molar-refractivity contribution in [1.82, 2.24) is 5.32 Å². The van der Waals surface area contributed by atoms with Crippen LogP contribution in [0.3, 0.4) is 0 Å². The third kappa shape index (κ3) is 7.85. The fourth-order valence-electron chi connectivity index (χ4n) is 4.07. The Morgan fingerprint density at radius 1 is 0.972 bits per heavy atom. The first-order valence-electron chi connectivity index (χ1n) is 12.5. The van der Waals surface area contributed by atoms with Crippen LogP contribution in [0.5, 0.6) is 5.75 Å². The first kappa shape index (κ1) is 25.3. The van der Waals surface area contributed by atoms with Gasteiger partial charge < -0.3 is 25.4 Å². The van der Waals surface area contributed by atoms with Crippen molar-refractivity contribution < 1.29 is 19.1 Å². The molecule has 0 saturated carbocycles. The maximum Gasteiger partial charge on any atom is 0.251 e. The summed E-state index contributed by atoms with van der Waals surface area (Å²) >= 11 is 0. The molecule has 1 unspecified atom stereocenters. The third-order valence-corrected chi connectivity index (χ3v) is 5.96. The lowest BCUT2D eigenvalue weighted by Gasteiger charge is -2.14. The molecule has 3 aromatic carbocycles. The molecular formula is C29H33N3O4. The van der Waals surface area contributed by atoms with E-state index in [1.54, 1.807) is 24.3 Å². The van der Waals surface area contributed by atoms with Crippen LogP contribution < -0.4 is 20.7 Å². The summed E-state index contributed by atoms with van der Waals surface area (Å²) in [4.78, 5) is 25.0. The Kier molecular flexibility index (Phi) is 9.33. The van der Waals surface area contributed by atoms with Crippen molar-refractivity contribution in [1.29, 1.82) is 0 Å². The van der Waals surface area contributed by atoms with Gasteiger partial charge in [0.2, 0.25) is 5.91 Å². The molecule has 0 radical (unpaired) electrons. The van der Waals surface area contributed by atoms with Crippen molar-refractivity contribution in [3.05, 3.63) is 90.0 Å². The quantitative estimate of drug-likeness (QED) is 0.324. The van der Waals surface area contributed by atoms with Gasteiger partial charge in [-0.25, -0.2) is 0 Å². The second kappa shape index (κ2) is 13.3. The zero-order valence-electron chi connectivity index (χ0n) is 20.4. The summed E-state index contributed by atoms with van der Waals surface area (Å²) in [5.41, 5.74) is 3.10. The highest BCUT2D eigenvalue weighted by Gasteiger charge is 2.17. The average molecular weight is 488 g/mol. The number of ether oxygens (including phenoxy) is 2. The van der Waals surface area contributed by atoms with Gasteiger partial charge in [0.1, 0.15) is 5.75 Å². The lowest BCUT2D eigenvalue weighted by Crippen LogP contribution is -2.31. The molecule has 0 spiro atoms. The average Bonchev–Trinajstić information content (AvgIpc) is 3.44. The van der Waals surface area contributed by atoms with Gasteiger partial charge in [-0.15, -0.1) is 0 Å². The molecule has 7 heteroatoms. The van der Waals surface area contributed by atoms with E-state index in [1.807, 2.05) is 42.5 Å². The fraction of sp³-hybridized carbons (Fsp3) is 0.310. The Balaban J connectivity index is 1.23. The van der Waals surface area contributed by atoms with Gasteiger partial charge in [-0.2, -0.15) is 0 Å². The van der Waals surface area contributed by atoms with Crippen LogP contribution in [0.15, 0.2) is 78.9 Å². The Bertz CT molecular complexity index is 1130. The van der Waals surface area contributed by atoms with Gasteiger partial charge in [-0.1, -0.05) is 48.5 Å². The molecule has 188 valence electrons. The summed E-state index contributed by atoms with van der Waals surface area (Å²) in [6.45, 7) is 1.90. The number of aryl methyl sites for hydroxylation is 1. The normalized spacial score (nSPS) is 14.7. The lowest BCUT2D eigenvalue weighted by molar-refractivity contribution is -0.114. The Morgan fingerprint density at radius 3 is 2.64 bits per heavy atom. The first-order valence-corrected chi connectivity index (χ1v) is 12.5. The molecule has 1 aliphatic rings. The number of rotatable bonds is 12. The van der Waals surface area contributed by atoms with Crippen molar-refractivity contribution in [2.75, 3.05) is 36.9 Å². The molecule has 7 nitrogen and oxygen atoms in total. The van der Waals surface area contributed by atoms with Crippen LogP contribution in [0.25, 0.3) is 0 Å². The number of carbonyl (C=O) groups is 2. The standard InChI is InChI=1S/C29H33N3O4/c33-28(32-24-13-6-12-23(19-24)29(34)31-20-25-14-8-17-35-25)21-30-26-15-4-5-16-27(26)36-18-7-11-22-9-2-1-3-10-22/h1-6,9-10,12-13,15-16,19,25,30H,7-8,11,14,17-18,20-21H2,(H,31,34)(H,32,33). The predicted octanol–water partition coefficient (Wildman–Crippen LogP) is 4.66. The number of para-hydroxylation sites is 2. The van der Waals surface area contributed by atoms with E-state index in [0.29, 0.717) is 30.2 Å². The summed E-state index contributed by atoms with van der Waals surface area (Å²) < 4.78 is 11.5. The third-order valence-electron chi connectivity index (χ3n) is 5.96. The first-order chi connectivity index (χ1) is 17.7. The molecule has 2 amide bonds. The van der Waals surface area contributed by atoms with Gasteiger partial charge in [-0.05, 0) is 61.6 Å². The van der Waals surface area contributed by atoms with Crippen molar-refractivity contribution in [2.45, 2.75) is 31.8 Å². The zero-order chi connectivity index (χ0) is 25.0. The largest absolute Gasteiger partial charge is 0.491 e. The van der Waals surface area contributed by atoms with Gasteiger partial charge >= 0.3 is 0 Å². The number of amides is 2. The molecule has 1 saturated heterocycles. The van der Waals surface area contributed by atoms with Crippen LogP contribution in [0.2, 0.25) is 0 Å². The summed E-state index contributed by atoms with van der Waals surface area (Å²) in [7, 11) is 0. The van der Waals surface area contributed by atoms with Crippen LogP contribution in [-0.4, -0.2) is 44.2 Å². The molecule has 4 rings (SSSR count). The summed E-state index contributed by atoms with van der Waals surface area (Å²) in [5.74, 6) is 0.312. The van der Waals surface area contributed by atoms with Gasteiger partial charge in [0.15, 0.2) is 0 Å². The monoisotopic (exact) mass is 487 g/mol. The molecule has 1 fully saturated rings. The summed E-state index contributed by atoms with van der Waals surface area (Å²) in [6.07, 6.45) is 3.92. The van der Waals surface area contributed by atoms with Gasteiger partial charge in [-0.3, -0.25) is 9.59 Å². The second-order valence-electron chi connectivity index (χ2n) is 8.76. The van der Waals surface area contributed by atoms with Crippen LogP contribution >= 0.6 is 0 Å². The van der Waals surface area contributed by atoms with E-state index >= 15 is 0 Å². The van der Waals surface area contributed by atoms with E-state index in [4.69, 9.17) is 9.47 Å². The smallest absolute Gasteiger partial charge is 0.251 e. The SMILES string of the molecule is O=C(CNc1ccccc1OCCCc1ccccc1)Nc1cccc(C(=O)NCC2CCCO2)c1. The van der Waals surface area contributed by atoms with E-state index < -0.39 is 0 Å². The molecule has 36 heavy (non-hydrogen) atoms. The van der Waals surface area contributed by atoms with Gasteiger partial charge in [0.25, 0.3) is 5.91 Å². The molecule has 3 N–H and O–H groups in total. The Labute approximate surface area is 212 Å². The topological polar surface area (TPSA) is 88.7 Å². The molecule has 3 aromatic rings. The molecule has 1 aliphatic heterocycles. The molecule has 0 bridgehead atoms. The van der Waals surface area contributed by atoms with Crippen molar-refractivity contribution in [2.24, 2.45) is 0 Å². The number of hydrogen-bond acceptors (Lipinski definition) is 5. The zero-order valence-corrected chi connectivity index (χ0v) is 20.4. The van der Waals surface area contributed by atoms with E-state index in [0.717, 1.165) is 38.0 Å². The molecule has 0 aliphatic carbocycles. The number of hydrogen-bond donors (Lipinski definition) is 3. The number of benzene rings is 3. The molecular weight excluding hydrogens is 454 g/mol. The van der Waals surface area contributed by atoms with E-state index in [2.05, 4.69) is 28.1 Å². The van der Waals surface area contributed by atoms with Crippen LogP contribution in [0.1, 0.15) is 35.2 Å². The minimum atomic E-state index is -0.217. The van der Waals surface area contributed by atoms with E-state index in [1.165, 1.54) is 5.56 Å². The highest BCUT2D eigenvalue weighted by Crippen LogP contribution is 2.24. The maximum absolute atomic E-state index is 12.6. The number of anilines is 2. The van der Waals surface area contributed by atoms with E-state index in [-0.39, 0.29) is 24.5 Å². The van der Waals surface area contributed by atoms with Crippen LogP contribution in [0, 0.1) is 0 Å². The highest BCUT2D eigenvalue weighted by molar-refractivity contribution is 5.98. The highest BCUT2D eigenvalue weighted by atomic mass is 16.5. The van der Waals surface area contributed by atoms with Crippen LogP contribution in [-0.2, 0) is 16.0 Å². The van der Waals surface area contributed by atoms with Crippen molar-refractivity contribution in [3.8, 4) is 5.75 Å². The van der Waals surface area contributed by atoms with Crippen molar-refractivity contribution in [3.63, 3.8) is 0 Å². The van der Waals surface area contributed by atoms with E-state index in [9.17, 15) is 9.59 Å². The maximum atomic E-state index is 12.6. The lowest BCUT2D eigenvalue weighted by atomic mass is 10.1. The molecule has 0 aromatic heterocycles. The fourth-order valence-corrected chi connectivity index (χ4v) is 4.07. The minimum absolute atomic E-state index is 0.0693. The van der Waals surface area contributed by atoms with Gasteiger partial charge in [0, 0.05) is 24.4 Å². The predicted molar refractivity (Wildman–Crippen MR) is 142 cm³/mol. The summed E-state index contributed by atoms with van der Waals surface area (Å²) in [5, 5.41) is 8.90. The number of nitrogens with one attached hydrogen (secondary N) is 3. The Hall–Kier alpha value is -3.84. The Morgan fingerprint density at radius 2 is 1.81 bits per heavy atom. The molecule has 1 heterocycles.